The lowest BCUT2D eigenvalue weighted by atomic mass is 10.1. The fourth-order valence-corrected chi connectivity index (χ4v) is 3.85. The number of benzene rings is 1. The molecular weight excluding hydrogens is 330 g/mol. The summed E-state index contributed by atoms with van der Waals surface area (Å²) >= 11 is 0. The standard InChI is InChI=1S/C16H25N3O4S/c1-13-6-7-15(23-4)14(12-13)16(20)18-8-5-9-19(11-10-18)24(21,22)17(2)3/h6-7,12H,5,8-11H2,1-4H3. The van der Waals surface area contributed by atoms with E-state index in [1.807, 2.05) is 13.0 Å². The number of amides is 1. The first-order chi connectivity index (χ1) is 11.3. The first-order valence-electron chi connectivity index (χ1n) is 7.89. The van der Waals surface area contributed by atoms with Gasteiger partial charge >= 0.3 is 0 Å². The Morgan fingerprint density at radius 3 is 2.50 bits per heavy atom. The molecule has 1 aromatic rings. The molecule has 1 aliphatic heterocycles. The molecule has 1 aromatic carbocycles. The van der Waals surface area contributed by atoms with E-state index in [0.29, 0.717) is 43.9 Å². The second-order valence-electron chi connectivity index (χ2n) is 6.04. The molecule has 7 nitrogen and oxygen atoms in total. The van der Waals surface area contributed by atoms with Gasteiger partial charge in [-0.05, 0) is 25.5 Å². The van der Waals surface area contributed by atoms with Gasteiger partial charge in [0.25, 0.3) is 16.1 Å². The highest BCUT2D eigenvalue weighted by molar-refractivity contribution is 7.86. The van der Waals surface area contributed by atoms with E-state index in [9.17, 15) is 13.2 Å². The molecule has 1 amide bonds. The molecule has 0 radical (unpaired) electrons. The molecule has 134 valence electrons. The second kappa shape index (κ2) is 7.50. The van der Waals surface area contributed by atoms with Crippen molar-refractivity contribution < 1.29 is 17.9 Å². The molecule has 1 aliphatic rings. The van der Waals surface area contributed by atoms with Crippen molar-refractivity contribution >= 4 is 16.1 Å². The fourth-order valence-electron chi connectivity index (χ4n) is 2.72. The molecule has 0 spiro atoms. The van der Waals surface area contributed by atoms with E-state index in [-0.39, 0.29) is 5.91 Å². The van der Waals surface area contributed by atoms with Gasteiger partial charge in [-0.15, -0.1) is 0 Å². The van der Waals surface area contributed by atoms with Gasteiger partial charge in [-0.3, -0.25) is 4.79 Å². The van der Waals surface area contributed by atoms with Crippen LogP contribution in [0.4, 0.5) is 0 Å². The Labute approximate surface area is 144 Å². The summed E-state index contributed by atoms with van der Waals surface area (Å²) in [6.45, 7) is 3.51. The molecule has 0 bridgehead atoms. The quantitative estimate of drug-likeness (QED) is 0.807. The molecule has 0 aromatic heterocycles. The Bertz CT molecular complexity index is 703. The summed E-state index contributed by atoms with van der Waals surface area (Å²) in [5.41, 5.74) is 1.49. The molecule has 0 saturated carbocycles. The van der Waals surface area contributed by atoms with E-state index in [1.54, 1.807) is 17.0 Å². The predicted molar refractivity (Wildman–Crippen MR) is 92.4 cm³/mol. The van der Waals surface area contributed by atoms with Crippen LogP contribution in [-0.2, 0) is 10.2 Å². The van der Waals surface area contributed by atoms with Crippen LogP contribution >= 0.6 is 0 Å². The number of nitrogens with zero attached hydrogens (tertiary/aromatic N) is 3. The van der Waals surface area contributed by atoms with Crippen molar-refractivity contribution in [2.24, 2.45) is 0 Å². The number of rotatable bonds is 4. The van der Waals surface area contributed by atoms with Crippen molar-refractivity contribution in [1.29, 1.82) is 0 Å². The van der Waals surface area contributed by atoms with Gasteiger partial charge in [0.2, 0.25) is 0 Å². The molecule has 0 atom stereocenters. The van der Waals surface area contributed by atoms with E-state index in [1.165, 1.54) is 29.8 Å². The molecule has 1 fully saturated rings. The Morgan fingerprint density at radius 2 is 1.88 bits per heavy atom. The van der Waals surface area contributed by atoms with Gasteiger partial charge in [0.05, 0.1) is 12.7 Å². The largest absolute Gasteiger partial charge is 0.496 e. The van der Waals surface area contributed by atoms with Gasteiger partial charge in [-0.25, -0.2) is 0 Å². The summed E-state index contributed by atoms with van der Waals surface area (Å²) in [6, 6.07) is 5.48. The lowest BCUT2D eigenvalue weighted by molar-refractivity contribution is 0.0760. The first kappa shape index (κ1) is 18.7. The molecule has 1 heterocycles. The van der Waals surface area contributed by atoms with Crippen LogP contribution in [0.1, 0.15) is 22.3 Å². The van der Waals surface area contributed by atoms with Crippen molar-refractivity contribution in [3.05, 3.63) is 29.3 Å². The number of carbonyl (C=O) groups excluding carboxylic acids is 1. The summed E-state index contributed by atoms with van der Waals surface area (Å²) < 4.78 is 32.4. The molecule has 0 unspecified atom stereocenters. The van der Waals surface area contributed by atoms with Crippen LogP contribution in [0.25, 0.3) is 0 Å². The zero-order chi connectivity index (χ0) is 17.9. The van der Waals surface area contributed by atoms with Gasteiger partial charge in [-0.2, -0.15) is 17.0 Å². The number of hydrogen-bond donors (Lipinski definition) is 0. The normalized spacial score (nSPS) is 17.0. The number of ether oxygens (including phenoxy) is 1. The average Bonchev–Trinajstić information content (AvgIpc) is 2.80. The van der Waals surface area contributed by atoms with Gasteiger partial charge in [0, 0.05) is 40.3 Å². The van der Waals surface area contributed by atoms with Crippen LogP contribution in [0.3, 0.4) is 0 Å². The highest BCUT2D eigenvalue weighted by atomic mass is 32.2. The maximum Gasteiger partial charge on any atom is 0.281 e. The van der Waals surface area contributed by atoms with E-state index in [4.69, 9.17) is 4.74 Å². The number of methoxy groups -OCH3 is 1. The fraction of sp³-hybridized carbons (Fsp3) is 0.562. The lowest BCUT2D eigenvalue weighted by Gasteiger charge is -2.24. The van der Waals surface area contributed by atoms with Crippen molar-refractivity contribution in [3.63, 3.8) is 0 Å². The first-order valence-corrected chi connectivity index (χ1v) is 9.28. The summed E-state index contributed by atoms with van der Waals surface area (Å²) in [4.78, 5) is 14.5. The van der Waals surface area contributed by atoms with Crippen LogP contribution in [-0.4, -0.2) is 75.2 Å². The van der Waals surface area contributed by atoms with Gasteiger partial charge in [0.15, 0.2) is 0 Å². The molecule has 0 aliphatic carbocycles. The number of hydrogen-bond acceptors (Lipinski definition) is 4. The number of aryl methyl sites for hydroxylation is 1. The highest BCUT2D eigenvalue weighted by Crippen LogP contribution is 2.22. The van der Waals surface area contributed by atoms with E-state index in [0.717, 1.165) is 5.56 Å². The zero-order valence-corrected chi connectivity index (χ0v) is 15.5. The van der Waals surface area contributed by atoms with E-state index < -0.39 is 10.2 Å². The summed E-state index contributed by atoms with van der Waals surface area (Å²) in [5, 5.41) is 0. The van der Waals surface area contributed by atoms with Crippen molar-refractivity contribution in [2.75, 3.05) is 47.4 Å². The SMILES string of the molecule is COc1ccc(C)cc1C(=O)N1CCCN(S(=O)(=O)N(C)C)CC1. The minimum absolute atomic E-state index is 0.125. The summed E-state index contributed by atoms with van der Waals surface area (Å²) in [5.74, 6) is 0.410. The van der Waals surface area contributed by atoms with Crippen molar-refractivity contribution in [2.45, 2.75) is 13.3 Å². The van der Waals surface area contributed by atoms with Crippen molar-refractivity contribution in [3.8, 4) is 5.75 Å². The molecule has 2 rings (SSSR count). The van der Waals surface area contributed by atoms with E-state index >= 15 is 0 Å². The second-order valence-corrected chi connectivity index (χ2v) is 8.18. The van der Waals surface area contributed by atoms with Crippen LogP contribution in [0.5, 0.6) is 5.75 Å². The lowest BCUT2D eigenvalue weighted by Crippen LogP contribution is -2.42. The maximum absolute atomic E-state index is 12.8. The van der Waals surface area contributed by atoms with Crippen LogP contribution < -0.4 is 4.74 Å². The minimum atomic E-state index is -3.45. The summed E-state index contributed by atoms with van der Waals surface area (Å²) in [7, 11) is 1.11. The molecule has 8 heteroatoms. The third-order valence-corrected chi connectivity index (χ3v) is 6.06. The van der Waals surface area contributed by atoms with Crippen LogP contribution in [0, 0.1) is 6.92 Å². The van der Waals surface area contributed by atoms with E-state index in [2.05, 4.69) is 0 Å². The Hall–Kier alpha value is -1.64. The molecular formula is C16H25N3O4S. The monoisotopic (exact) mass is 355 g/mol. The average molecular weight is 355 g/mol. The van der Waals surface area contributed by atoms with Gasteiger partial charge in [0.1, 0.15) is 5.75 Å². The Morgan fingerprint density at radius 1 is 1.17 bits per heavy atom. The Balaban J connectivity index is 2.17. The van der Waals surface area contributed by atoms with Gasteiger partial charge in [-0.1, -0.05) is 11.6 Å². The topological polar surface area (TPSA) is 70.2 Å². The highest BCUT2D eigenvalue weighted by Gasteiger charge is 2.29. The van der Waals surface area contributed by atoms with Crippen LogP contribution in [0.15, 0.2) is 18.2 Å². The minimum Gasteiger partial charge on any atom is -0.496 e. The Kier molecular flexibility index (Phi) is 5.84. The molecule has 1 saturated heterocycles. The molecule has 0 N–H and O–H groups in total. The third-order valence-electron chi connectivity index (χ3n) is 4.12. The van der Waals surface area contributed by atoms with Gasteiger partial charge < -0.3 is 9.64 Å². The third kappa shape index (κ3) is 3.88. The smallest absolute Gasteiger partial charge is 0.281 e. The van der Waals surface area contributed by atoms with Crippen molar-refractivity contribution in [1.82, 2.24) is 13.5 Å². The summed E-state index contributed by atoms with van der Waals surface area (Å²) in [6.07, 6.45) is 0.604. The predicted octanol–water partition coefficient (Wildman–Crippen LogP) is 0.958. The zero-order valence-electron chi connectivity index (χ0n) is 14.7. The number of carbonyl (C=O) groups is 1. The maximum atomic E-state index is 12.8. The molecule has 24 heavy (non-hydrogen) atoms. The van der Waals surface area contributed by atoms with Crippen LogP contribution in [0.2, 0.25) is 0 Å².